The minimum absolute atomic E-state index is 0. The fraction of sp³-hybridized carbons (Fsp3) is 0.529. The zero-order valence-corrected chi connectivity index (χ0v) is 16.2. The molecule has 0 saturated heterocycles. The van der Waals surface area contributed by atoms with Crippen LogP contribution in [-0.2, 0) is 11.3 Å². The first kappa shape index (κ1) is 19.7. The Morgan fingerprint density at radius 3 is 2.61 bits per heavy atom. The quantitative estimate of drug-likeness (QED) is 0.269. The van der Waals surface area contributed by atoms with Crippen LogP contribution in [0.5, 0.6) is 0 Å². The number of aryl methyl sites for hydroxylation is 1. The highest BCUT2D eigenvalue weighted by molar-refractivity contribution is 14.0. The van der Waals surface area contributed by atoms with E-state index in [0.29, 0.717) is 19.6 Å². The Bertz CT molecular complexity index is 529. The van der Waals surface area contributed by atoms with Gasteiger partial charge in [0.1, 0.15) is 0 Å². The minimum Gasteiger partial charge on any atom is -0.357 e. The Labute approximate surface area is 155 Å². The van der Waals surface area contributed by atoms with E-state index in [-0.39, 0.29) is 35.8 Å². The van der Waals surface area contributed by atoms with E-state index in [9.17, 15) is 4.79 Å². The Morgan fingerprint density at radius 2 is 1.96 bits per heavy atom. The summed E-state index contributed by atoms with van der Waals surface area (Å²) in [6, 6.07) is 8.35. The summed E-state index contributed by atoms with van der Waals surface area (Å²) in [7, 11) is 0. The number of hydrogen-bond acceptors (Lipinski definition) is 2. The number of carbonyl (C=O) groups is 1. The number of guanidine groups is 1. The largest absolute Gasteiger partial charge is 0.357 e. The van der Waals surface area contributed by atoms with Crippen LogP contribution in [0.3, 0.4) is 0 Å². The number of rotatable bonds is 7. The van der Waals surface area contributed by atoms with Crippen LogP contribution >= 0.6 is 24.0 Å². The maximum absolute atomic E-state index is 11.5. The van der Waals surface area contributed by atoms with Crippen molar-refractivity contribution in [2.45, 2.75) is 33.2 Å². The third-order valence-electron chi connectivity index (χ3n) is 3.51. The van der Waals surface area contributed by atoms with Crippen LogP contribution in [0.15, 0.2) is 29.3 Å². The summed E-state index contributed by atoms with van der Waals surface area (Å²) < 4.78 is 0. The number of halogens is 1. The van der Waals surface area contributed by atoms with Crippen molar-refractivity contribution in [3.05, 3.63) is 35.4 Å². The van der Waals surface area contributed by atoms with Gasteiger partial charge in [-0.1, -0.05) is 29.8 Å². The van der Waals surface area contributed by atoms with Crippen LogP contribution < -0.4 is 16.0 Å². The second kappa shape index (κ2) is 10.5. The summed E-state index contributed by atoms with van der Waals surface area (Å²) in [4.78, 5) is 16.1. The fourth-order valence-electron chi connectivity index (χ4n) is 2.18. The molecule has 2 rings (SSSR count). The van der Waals surface area contributed by atoms with Crippen LogP contribution in [0, 0.1) is 12.8 Å². The van der Waals surface area contributed by atoms with Gasteiger partial charge >= 0.3 is 0 Å². The molecule has 1 aromatic rings. The van der Waals surface area contributed by atoms with Gasteiger partial charge in [0.25, 0.3) is 0 Å². The molecule has 1 saturated carbocycles. The molecule has 128 valence electrons. The summed E-state index contributed by atoms with van der Waals surface area (Å²) in [5.41, 5.74) is 2.44. The topological polar surface area (TPSA) is 65.5 Å². The lowest BCUT2D eigenvalue weighted by Crippen LogP contribution is -2.41. The van der Waals surface area contributed by atoms with E-state index in [1.54, 1.807) is 0 Å². The first-order chi connectivity index (χ1) is 10.7. The molecule has 1 amide bonds. The lowest BCUT2D eigenvalue weighted by atomic mass is 10.1. The highest BCUT2D eigenvalue weighted by atomic mass is 127. The van der Waals surface area contributed by atoms with Crippen molar-refractivity contribution in [3.63, 3.8) is 0 Å². The molecule has 0 spiro atoms. The van der Waals surface area contributed by atoms with E-state index in [2.05, 4.69) is 46.1 Å². The number of carbonyl (C=O) groups excluding carboxylic acids is 1. The first-order valence-corrected chi connectivity index (χ1v) is 8.04. The fourth-order valence-corrected chi connectivity index (χ4v) is 2.18. The predicted octanol–water partition coefficient (Wildman–Crippen LogP) is 2.19. The van der Waals surface area contributed by atoms with E-state index in [4.69, 9.17) is 0 Å². The number of hydrogen-bond donors (Lipinski definition) is 3. The summed E-state index contributed by atoms with van der Waals surface area (Å²) >= 11 is 0. The van der Waals surface area contributed by atoms with E-state index in [0.717, 1.165) is 25.3 Å². The molecule has 23 heavy (non-hydrogen) atoms. The third kappa shape index (κ3) is 7.67. The van der Waals surface area contributed by atoms with Gasteiger partial charge < -0.3 is 16.0 Å². The van der Waals surface area contributed by atoms with Crippen LogP contribution in [0.4, 0.5) is 0 Å². The molecule has 1 aliphatic carbocycles. The number of benzene rings is 1. The SMILES string of the molecule is CCNC(=NCc1cccc(C)c1)NCCNC(=O)C1CC1.I. The van der Waals surface area contributed by atoms with Crippen molar-refractivity contribution in [1.82, 2.24) is 16.0 Å². The molecule has 0 bridgehead atoms. The predicted molar refractivity (Wildman–Crippen MR) is 105 cm³/mol. The molecule has 5 nitrogen and oxygen atoms in total. The van der Waals surface area contributed by atoms with Crippen molar-refractivity contribution < 1.29 is 4.79 Å². The normalized spacial score (nSPS) is 13.9. The number of aliphatic imine (C=N–C) groups is 1. The van der Waals surface area contributed by atoms with Crippen molar-refractivity contribution >= 4 is 35.8 Å². The van der Waals surface area contributed by atoms with E-state index < -0.39 is 0 Å². The molecule has 6 heteroatoms. The highest BCUT2D eigenvalue weighted by Crippen LogP contribution is 2.28. The average Bonchev–Trinajstić information content (AvgIpc) is 3.33. The maximum atomic E-state index is 11.5. The summed E-state index contributed by atoms with van der Waals surface area (Å²) in [6.45, 7) is 6.89. The molecule has 1 aliphatic rings. The van der Waals surface area contributed by atoms with Crippen molar-refractivity contribution in [3.8, 4) is 0 Å². The van der Waals surface area contributed by atoms with Crippen molar-refractivity contribution in [2.24, 2.45) is 10.9 Å². The molecule has 1 fully saturated rings. The molecule has 0 unspecified atom stereocenters. The number of nitrogens with zero attached hydrogens (tertiary/aromatic N) is 1. The standard InChI is InChI=1S/C17H26N4O.HI/c1-3-18-17(20-10-9-19-16(22)15-7-8-15)21-12-14-6-4-5-13(2)11-14;/h4-6,11,15H,3,7-10,12H2,1-2H3,(H,19,22)(H2,18,20,21);1H. The van der Waals surface area contributed by atoms with Gasteiger partial charge in [-0.15, -0.1) is 24.0 Å². The van der Waals surface area contributed by atoms with Gasteiger partial charge in [-0.2, -0.15) is 0 Å². The Balaban J connectivity index is 0.00000264. The number of nitrogens with one attached hydrogen (secondary N) is 3. The van der Waals surface area contributed by atoms with Gasteiger partial charge in [0.15, 0.2) is 5.96 Å². The minimum atomic E-state index is 0. The van der Waals surface area contributed by atoms with Gasteiger partial charge in [-0.25, -0.2) is 4.99 Å². The van der Waals surface area contributed by atoms with E-state index in [1.165, 1.54) is 11.1 Å². The molecular weight excluding hydrogens is 403 g/mol. The zero-order chi connectivity index (χ0) is 15.8. The van der Waals surface area contributed by atoms with Crippen molar-refractivity contribution in [1.29, 1.82) is 0 Å². The smallest absolute Gasteiger partial charge is 0.223 e. The molecule has 3 N–H and O–H groups in total. The Morgan fingerprint density at radius 1 is 1.22 bits per heavy atom. The average molecular weight is 430 g/mol. The van der Waals surface area contributed by atoms with Gasteiger partial charge in [-0.3, -0.25) is 4.79 Å². The molecule has 0 aromatic heterocycles. The van der Waals surface area contributed by atoms with Gasteiger partial charge in [0.05, 0.1) is 6.54 Å². The molecule has 0 atom stereocenters. The molecule has 0 aliphatic heterocycles. The lowest BCUT2D eigenvalue weighted by Gasteiger charge is -2.12. The monoisotopic (exact) mass is 430 g/mol. The zero-order valence-electron chi connectivity index (χ0n) is 13.9. The van der Waals surface area contributed by atoms with Gasteiger partial charge in [-0.05, 0) is 32.3 Å². The van der Waals surface area contributed by atoms with Crippen molar-refractivity contribution in [2.75, 3.05) is 19.6 Å². The molecular formula is C17H27IN4O. The maximum Gasteiger partial charge on any atom is 0.223 e. The second-order valence-corrected chi connectivity index (χ2v) is 5.68. The van der Waals surface area contributed by atoms with Gasteiger partial charge in [0.2, 0.25) is 5.91 Å². The second-order valence-electron chi connectivity index (χ2n) is 5.68. The van der Waals surface area contributed by atoms with Crippen LogP contribution in [0.2, 0.25) is 0 Å². The summed E-state index contributed by atoms with van der Waals surface area (Å²) in [5, 5.41) is 9.40. The van der Waals surface area contributed by atoms with Gasteiger partial charge in [0, 0.05) is 25.6 Å². The third-order valence-corrected chi connectivity index (χ3v) is 3.51. The lowest BCUT2D eigenvalue weighted by molar-refractivity contribution is -0.122. The molecule has 0 radical (unpaired) electrons. The van der Waals surface area contributed by atoms with E-state index >= 15 is 0 Å². The van der Waals surface area contributed by atoms with Crippen LogP contribution in [0.25, 0.3) is 0 Å². The Hall–Kier alpha value is -1.31. The molecule has 0 heterocycles. The van der Waals surface area contributed by atoms with Crippen LogP contribution in [0.1, 0.15) is 30.9 Å². The summed E-state index contributed by atoms with van der Waals surface area (Å²) in [6.07, 6.45) is 2.08. The summed E-state index contributed by atoms with van der Waals surface area (Å²) in [5.74, 6) is 1.23. The highest BCUT2D eigenvalue weighted by Gasteiger charge is 2.28. The molecule has 1 aromatic carbocycles. The van der Waals surface area contributed by atoms with Crippen LogP contribution in [-0.4, -0.2) is 31.5 Å². The first-order valence-electron chi connectivity index (χ1n) is 8.04. The number of amides is 1. The van der Waals surface area contributed by atoms with E-state index in [1.807, 2.05) is 13.0 Å². The Kier molecular flexibility index (Phi) is 8.98.